The molecule has 1 aromatic carbocycles. The molecule has 1 aromatic rings. The van der Waals surface area contributed by atoms with Gasteiger partial charge in [-0.15, -0.1) is 5.92 Å². The molecule has 2 N–H and O–H groups in total. The molecular formula is C38H53NO4. The van der Waals surface area contributed by atoms with Crippen LogP contribution in [0.2, 0.25) is 0 Å². The number of allylic oxidation sites excluding steroid dienone is 1. The number of rotatable bonds is 3. The molecule has 5 unspecified atom stereocenters. The number of anilines is 1. The summed E-state index contributed by atoms with van der Waals surface area (Å²) in [5, 5.41) is 24.2. The smallest absolute Gasteiger partial charge is 0.171 e. The second kappa shape index (κ2) is 11.2. The van der Waals surface area contributed by atoms with Crippen LogP contribution in [0.1, 0.15) is 122 Å². The Morgan fingerprint density at radius 1 is 0.907 bits per heavy atom. The summed E-state index contributed by atoms with van der Waals surface area (Å²) in [7, 11) is 2.27. The number of benzene rings is 1. The number of hydrogen-bond donors (Lipinski definition) is 2. The van der Waals surface area contributed by atoms with Crippen molar-refractivity contribution in [2.45, 2.75) is 139 Å². The SMILES string of the molecule is CC#CC1(O)CCC2C3CCC[C@]4(O)C/C(=C\3C(c3ccc(N(C)C5CCCCC5)cc3)CC21C)CCC1(C4)OCCO1. The van der Waals surface area contributed by atoms with E-state index >= 15 is 0 Å². The van der Waals surface area contributed by atoms with Gasteiger partial charge in [0.1, 0.15) is 5.60 Å². The Hall–Kier alpha value is -1.84. The fraction of sp³-hybridized carbons (Fsp3) is 0.737. The summed E-state index contributed by atoms with van der Waals surface area (Å²) in [4.78, 5) is 2.50. The lowest BCUT2D eigenvalue weighted by molar-refractivity contribution is -0.194. The molecule has 1 heterocycles. The topological polar surface area (TPSA) is 62.2 Å². The molecule has 7 rings (SSSR count). The van der Waals surface area contributed by atoms with Gasteiger partial charge in [0.25, 0.3) is 0 Å². The largest absolute Gasteiger partial charge is 0.389 e. The van der Waals surface area contributed by atoms with Gasteiger partial charge < -0.3 is 24.6 Å². The average molecular weight is 588 g/mol. The maximum atomic E-state index is 12.1. The summed E-state index contributed by atoms with van der Waals surface area (Å²) >= 11 is 0. The van der Waals surface area contributed by atoms with E-state index in [-0.39, 0.29) is 11.3 Å². The molecule has 1 spiro atoms. The number of hydrogen-bond acceptors (Lipinski definition) is 5. The van der Waals surface area contributed by atoms with Gasteiger partial charge >= 0.3 is 0 Å². The molecule has 0 radical (unpaired) electrons. The number of ether oxygens (including phenoxy) is 2. The third-order valence-corrected chi connectivity index (χ3v) is 13.0. The van der Waals surface area contributed by atoms with Gasteiger partial charge in [0, 0.05) is 43.0 Å². The Labute approximate surface area is 259 Å². The lowest BCUT2D eigenvalue weighted by atomic mass is 9.52. The van der Waals surface area contributed by atoms with Crippen LogP contribution in [-0.4, -0.2) is 53.5 Å². The molecule has 1 saturated heterocycles. The van der Waals surface area contributed by atoms with Crippen LogP contribution >= 0.6 is 0 Å². The summed E-state index contributed by atoms with van der Waals surface area (Å²) in [6.45, 7) is 5.44. The van der Waals surface area contributed by atoms with E-state index in [1.165, 1.54) is 48.9 Å². The second-order valence-corrected chi connectivity index (χ2v) is 15.3. The molecular weight excluding hydrogens is 534 g/mol. The van der Waals surface area contributed by atoms with Gasteiger partial charge in [0.15, 0.2) is 5.79 Å². The van der Waals surface area contributed by atoms with Crippen LogP contribution in [0.4, 0.5) is 5.69 Å². The highest BCUT2D eigenvalue weighted by Gasteiger charge is 2.62. The van der Waals surface area contributed by atoms with Crippen molar-refractivity contribution >= 4 is 5.69 Å². The van der Waals surface area contributed by atoms with Crippen LogP contribution in [0.5, 0.6) is 0 Å². The highest BCUT2D eigenvalue weighted by molar-refractivity contribution is 5.50. The number of nitrogens with zero attached hydrogens (tertiary/aromatic N) is 1. The second-order valence-electron chi connectivity index (χ2n) is 15.3. The molecule has 4 saturated carbocycles. The summed E-state index contributed by atoms with van der Waals surface area (Å²) in [6.07, 6.45) is 15.1. The van der Waals surface area contributed by atoms with Crippen molar-refractivity contribution in [2.75, 3.05) is 25.2 Å². The number of fused-ring (bicyclic) bond motifs is 5. The minimum atomic E-state index is -0.954. The first kappa shape index (κ1) is 29.8. The molecule has 6 aliphatic rings. The van der Waals surface area contributed by atoms with E-state index in [0.29, 0.717) is 37.5 Å². The lowest BCUT2D eigenvalue weighted by Crippen LogP contribution is -2.51. The summed E-state index contributed by atoms with van der Waals surface area (Å²) in [5.41, 5.74) is 3.64. The molecule has 5 fully saturated rings. The van der Waals surface area contributed by atoms with Crippen LogP contribution in [-0.2, 0) is 9.47 Å². The van der Waals surface area contributed by atoms with E-state index in [0.717, 1.165) is 57.8 Å². The van der Waals surface area contributed by atoms with Gasteiger partial charge in [-0.3, -0.25) is 0 Å². The van der Waals surface area contributed by atoms with E-state index < -0.39 is 17.0 Å². The molecule has 0 aromatic heterocycles. The predicted octanol–water partition coefficient (Wildman–Crippen LogP) is 7.26. The Kier molecular flexibility index (Phi) is 7.77. The maximum Gasteiger partial charge on any atom is 0.171 e. The zero-order valence-electron chi connectivity index (χ0n) is 26.8. The Morgan fingerprint density at radius 2 is 1.65 bits per heavy atom. The normalized spacial score (nSPS) is 40.9. The zero-order chi connectivity index (χ0) is 29.9. The predicted molar refractivity (Wildman–Crippen MR) is 171 cm³/mol. The highest BCUT2D eigenvalue weighted by Crippen LogP contribution is 2.66. The molecule has 1 aliphatic heterocycles. The van der Waals surface area contributed by atoms with Gasteiger partial charge in [-0.1, -0.05) is 55.4 Å². The maximum absolute atomic E-state index is 12.1. The van der Waals surface area contributed by atoms with Crippen molar-refractivity contribution < 1.29 is 19.7 Å². The van der Waals surface area contributed by atoms with Gasteiger partial charge in [-0.2, -0.15) is 0 Å². The van der Waals surface area contributed by atoms with Crippen LogP contribution < -0.4 is 4.90 Å². The molecule has 43 heavy (non-hydrogen) atoms. The number of aliphatic hydroxyl groups is 2. The van der Waals surface area contributed by atoms with Crippen molar-refractivity contribution in [1.82, 2.24) is 0 Å². The first-order valence-corrected chi connectivity index (χ1v) is 17.4. The van der Waals surface area contributed by atoms with Gasteiger partial charge in [0.05, 0.1) is 18.8 Å². The van der Waals surface area contributed by atoms with Crippen LogP contribution in [0, 0.1) is 29.1 Å². The van der Waals surface area contributed by atoms with Crippen LogP contribution in [0.3, 0.4) is 0 Å². The molecule has 0 amide bonds. The molecule has 6 atom stereocenters. The molecule has 2 bridgehead atoms. The van der Waals surface area contributed by atoms with Crippen molar-refractivity contribution in [3.63, 3.8) is 0 Å². The Bertz CT molecular complexity index is 1280. The third kappa shape index (κ3) is 5.09. The van der Waals surface area contributed by atoms with E-state index in [9.17, 15) is 10.2 Å². The fourth-order valence-electron chi connectivity index (χ4n) is 10.7. The van der Waals surface area contributed by atoms with Crippen LogP contribution in [0.25, 0.3) is 0 Å². The van der Waals surface area contributed by atoms with Gasteiger partial charge in [-0.05, 0) is 101 Å². The highest BCUT2D eigenvalue weighted by atomic mass is 16.7. The molecule has 5 aliphatic carbocycles. The zero-order valence-corrected chi connectivity index (χ0v) is 26.8. The molecule has 5 nitrogen and oxygen atoms in total. The first-order valence-electron chi connectivity index (χ1n) is 17.4. The van der Waals surface area contributed by atoms with Gasteiger partial charge in [0.2, 0.25) is 0 Å². The standard InChI is InChI=1S/C38H53NO4/c1-4-18-37(41)20-17-33-31-11-8-19-36(40)24-28(16-21-38(26-36)42-22-23-43-38)34(31)32(25-35(33,37)2)27-12-14-30(15-13-27)39(3)29-9-6-5-7-10-29/h12-15,29,31-33,40-41H,5-11,16-17,19-26H2,1-3H3/b34-28+/t31?,32?,33?,35?,36-,37?/m0/s1. The fourth-order valence-corrected chi connectivity index (χ4v) is 10.7. The van der Waals surface area contributed by atoms with Crippen molar-refractivity contribution in [2.24, 2.45) is 17.3 Å². The van der Waals surface area contributed by atoms with Crippen molar-refractivity contribution in [3.05, 3.63) is 41.0 Å². The van der Waals surface area contributed by atoms with E-state index in [4.69, 9.17) is 9.47 Å². The van der Waals surface area contributed by atoms with Crippen molar-refractivity contribution in [3.8, 4) is 11.8 Å². The average Bonchev–Trinajstić information content (AvgIpc) is 3.51. The van der Waals surface area contributed by atoms with Crippen molar-refractivity contribution in [1.29, 1.82) is 0 Å². The lowest BCUT2D eigenvalue weighted by Gasteiger charge is -2.53. The third-order valence-electron chi connectivity index (χ3n) is 13.0. The Balaban J connectivity index is 1.31. The minimum absolute atomic E-state index is 0.209. The summed E-state index contributed by atoms with van der Waals surface area (Å²) < 4.78 is 12.5. The van der Waals surface area contributed by atoms with E-state index in [2.05, 4.69) is 55.0 Å². The summed E-state index contributed by atoms with van der Waals surface area (Å²) in [6, 6.07) is 10.1. The molecule has 234 valence electrons. The monoisotopic (exact) mass is 587 g/mol. The van der Waals surface area contributed by atoms with Gasteiger partial charge in [-0.25, -0.2) is 0 Å². The minimum Gasteiger partial charge on any atom is -0.389 e. The van der Waals surface area contributed by atoms with E-state index in [1.54, 1.807) is 5.57 Å². The summed E-state index contributed by atoms with van der Waals surface area (Å²) in [5.74, 6) is 6.79. The van der Waals surface area contributed by atoms with E-state index in [1.807, 2.05) is 6.92 Å². The molecule has 5 heteroatoms. The Morgan fingerprint density at radius 3 is 2.37 bits per heavy atom. The quantitative estimate of drug-likeness (QED) is 0.288. The first-order chi connectivity index (χ1) is 20.7. The van der Waals surface area contributed by atoms with Crippen LogP contribution in [0.15, 0.2) is 35.4 Å².